The van der Waals surface area contributed by atoms with Crippen LogP contribution in [0.1, 0.15) is 18.7 Å². The summed E-state index contributed by atoms with van der Waals surface area (Å²) in [5, 5.41) is 11.1. The molecule has 2 bridgehead atoms. The van der Waals surface area contributed by atoms with Crippen molar-refractivity contribution >= 4 is 44.5 Å². The van der Waals surface area contributed by atoms with Gasteiger partial charge in [-0.2, -0.15) is 19.6 Å². The number of nitrogens with one attached hydrogen (secondary N) is 3. The van der Waals surface area contributed by atoms with Gasteiger partial charge < -0.3 is 25.3 Å². The molecule has 0 radical (unpaired) electrons. The number of rotatable bonds is 5. The Morgan fingerprint density at radius 3 is 2.71 bits per heavy atom. The number of aromatic amines is 1. The zero-order chi connectivity index (χ0) is 23.4. The number of hydrogen-bond donors (Lipinski definition) is 3. The maximum absolute atomic E-state index is 12.7. The van der Waals surface area contributed by atoms with Crippen molar-refractivity contribution in [1.29, 1.82) is 0 Å². The van der Waals surface area contributed by atoms with Gasteiger partial charge in [-0.3, -0.25) is 0 Å². The average molecular weight is 538 g/mol. The molecule has 2 atom stereocenters. The van der Waals surface area contributed by atoms with Gasteiger partial charge in [0.05, 0.1) is 22.7 Å². The van der Waals surface area contributed by atoms with Crippen LogP contribution in [-0.4, -0.2) is 61.1 Å². The molecule has 2 unspecified atom stereocenters. The Hall–Kier alpha value is -3.13. The van der Waals surface area contributed by atoms with Crippen LogP contribution in [0.5, 0.6) is 5.75 Å². The van der Waals surface area contributed by atoms with Crippen LogP contribution < -0.4 is 20.3 Å². The van der Waals surface area contributed by atoms with E-state index in [0.717, 1.165) is 30.4 Å². The molecule has 6 rings (SSSR count). The van der Waals surface area contributed by atoms with Crippen molar-refractivity contribution in [2.45, 2.75) is 37.8 Å². The van der Waals surface area contributed by atoms with Crippen molar-refractivity contribution in [3.8, 4) is 5.75 Å². The van der Waals surface area contributed by atoms with Crippen molar-refractivity contribution in [3.05, 3.63) is 34.7 Å². The van der Waals surface area contributed by atoms with E-state index in [9.17, 15) is 13.2 Å². The van der Waals surface area contributed by atoms with E-state index in [1.165, 1.54) is 12.1 Å². The molecule has 5 heterocycles. The third-order valence-electron chi connectivity index (χ3n) is 5.98. The first-order chi connectivity index (χ1) is 16.3. The summed E-state index contributed by atoms with van der Waals surface area (Å²) in [5.74, 6) is 1.11. The third-order valence-corrected chi connectivity index (χ3v) is 6.54. The first-order valence-electron chi connectivity index (χ1n) is 10.7. The first kappa shape index (κ1) is 21.4. The predicted molar refractivity (Wildman–Crippen MR) is 121 cm³/mol. The van der Waals surface area contributed by atoms with Crippen LogP contribution in [0.3, 0.4) is 0 Å². The van der Waals surface area contributed by atoms with Gasteiger partial charge in [0.2, 0.25) is 11.9 Å². The van der Waals surface area contributed by atoms with Crippen molar-refractivity contribution in [2.75, 3.05) is 23.3 Å². The Labute approximate surface area is 199 Å². The summed E-state index contributed by atoms with van der Waals surface area (Å²) in [6.45, 7) is 1.82. The van der Waals surface area contributed by atoms with Gasteiger partial charge in [-0.1, -0.05) is 6.07 Å². The quantitative estimate of drug-likeness (QED) is 0.356. The molecule has 2 saturated heterocycles. The molecule has 0 spiro atoms. The Bertz CT molecular complexity index is 1360. The van der Waals surface area contributed by atoms with Crippen LogP contribution >= 0.6 is 15.9 Å². The number of para-hydroxylation sites is 1. The van der Waals surface area contributed by atoms with Crippen molar-refractivity contribution in [2.24, 2.45) is 0 Å². The minimum Gasteiger partial charge on any atom is -0.403 e. The minimum atomic E-state index is -4.80. The highest BCUT2D eigenvalue weighted by Gasteiger charge is 2.34. The van der Waals surface area contributed by atoms with Gasteiger partial charge in [-0.25, -0.2) is 4.98 Å². The maximum atomic E-state index is 12.7. The highest BCUT2D eigenvalue weighted by molar-refractivity contribution is 9.10. The number of piperazine rings is 1. The second-order valence-electron chi connectivity index (χ2n) is 8.36. The molecular formula is C20H19BrF3N9O. The number of hydrogen-bond acceptors (Lipinski definition) is 8. The van der Waals surface area contributed by atoms with Gasteiger partial charge >= 0.3 is 6.36 Å². The molecule has 14 heteroatoms. The van der Waals surface area contributed by atoms with Gasteiger partial charge in [-0.15, -0.1) is 13.2 Å². The second-order valence-corrected chi connectivity index (χ2v) is 9.21. The number of ether oxygens (including phenoxy) is 1. The van der Waals surface area contributed by atoms with Crippen LogP contribution in [0, 0.1) is 0 Å². The molecule has 178 valence electrons. The van der Waals surface area contributed by atoms with E-state index in [1.807, 2.05) is 0 Å². The van der Waals surface area contributed by atoms with Crippen LogP contribution in [0.15, 0.2) is 28.9 Å². The number of anilines is 2. The van der Waals surface area contributed by atoms with Gasteiger partial charge in [-0.05, 0) is 40.9 Å². The number of halogens is 4. The summed E-state index contributed by atoms with van der Waals surface area (Å²) in [4.78, 5) is 18.9. The van der Waals surface area contributed by atoms with Crippen LogP contribution in [0.25, 0.3) is 16.7 Å². The van der Waals surface area contributed by atoms with Gasteiger partial charge in [0.1, 0.15) is 11.3 Å². The van der Waals surface area contributed by atoms with Gasteiger partial charge in [0.15, 0.2) is 11.4 Å². The van der Waals surface area contributed by atoms with E-state index >= 15 is 0 Å². The van der Waals surface area contributed by atoms with E-state index in [1.54, 1.807) is 16.8 Å². The minimum absolute atomic E-state index is 0.100. The normalized spacial score (nSPS) is 20.4. The summed E-state index contributed by atoms with van der Waals surface area (Å²) in [5.41, 5.74) is 1.15. The second kappa shape index (κ2) is 7.98. The Morgan fingerprint density at radius 1 is 1.15 bits per heavy atom. The molecule has 2 fully saturated rings. The molecule has 3 N–H and O–H groups in total. The fourth-order valence-electron chi connectivity index (χ4n) is 4.57. The summed E-state index contributed by atoms with van der Waals surface area (Å²) in [6.07, 6.45) is -0.887. The van der Waals surface area contributed by atoms with E-state index in [2.05, 4.69) is 51.3 Å². The van der Waals surface area contributed by atoms with Crippen LogP contribution in [-0.2, 0) is 6.54 Å². The molecule has 2 aliphatic heterocycles. The van der Waals surface area contributed by atoms with E-state index in [0.29, 0.717) is 41.0 Å². The predicted octanol–water partition coefficient (Wildman–Crippen LogP) is 3.21. The Kier molecular flexibility index (Phi) is 5.02. The molecule has 4 aromatic rings. The Balaban J connectivity index is 1.29. The zero-order valence-corrected chi connectivity index (χ0v) is 19.2. The summed E-state index contributed by atoms with van der Waals surface area (Å²) in [6, 6.07) is 5.19. The standard InChI is InChI=1S/C20H19BrF3N9O/c21-12-6-26-33-17(12)30-19(32-8-10-4-5-11(9-32)27-10)31-18(33)25-7-15-28-13-2-1-3-14(16(13)29-15)34-20(22,23)24/h1-3,6,10-11,27H,4-5,7-9H2,(H,28,29)(H,25,30,31). The highest BCUT2D eigenvalue weighted by atomic mass is 79.9. The SMILES string of the molecule is FC(F)(F)Oc1cccc2[nH]c(CNc3nc(N4CC5CCC(C4)N5)nc4c(Br)cnn34)nc12. The fraction of sp³-hybridized carbons (Fsp3) is 0.400. The van der Waals surface area contributed by atoms with Crippen molar-refractivity contribution < 1.29 is 17.9 Å². The lowest BCUT2D eigenvalue weighted by Crippen LogP contribution is -2.51. The summed E-state index contributed by atoms with van der Waals surface area (Å²) >= 11 is 3.49. The number of benzene rings is 1. The largest absolute Gasteiger partial charge is 0.573 e. The highest BCUT2D eigenvalue weighted by Crippen LogP contribution is 2.30. The molecule has 10 nitrogen and oxygen atoms in total. The van der Waals surface area contributed by atoms with Crippen LogP contribution in [0.4, 0.5) is 25.1 Å². The number of H-pyrrole nitrogens is 1. The monoisotopic (exact) mass is 537 g/mol. The summed E-state index contributed by atoms with van der Waals surface area (Å²) in [7, 11) is 0. The lowest BCUT2D eigenvalue weighted by molar-refractivity contribution is -0.274. The lowest BCUT2D eigenvalue weighted by atomic mass is 10.2. The molecule has 0 amide bonds. The smallest absolute Gasteiger partial charge is 0.403 e. The molecule has 3 aromatic heterocycles. The van der Waals surface area contributed by atoms with Gasteiger partial charge in [0.25, 0.3) is 0 Å². The molecular weight excluding hydrogens is 519 g/mol. The van der Waals surface area contributed by atoms with E-state index < -0.39 is 6.36 Å². The van der Waals surface area contributed by atoms with E-state index in [4.69, 9.17) is 9.97 Å². The zero-order valence-electron chi connectivity index (χ0n) is 17.6. The van der Waals surface area contributed by atoms with Gasteiger partial charge in [0, 0.05) is 25.2 Å². The number of aromatic nitrogens is 6. The number of fused-ring (bicyclic) bond motifs is 4. The molecule has 0 aliphatic carbocycles. The average Bonchev–Trinajstić information content (AvgIpc) is 3.48. The third kappa shape index (κ3) is 4.00. The fourth-order valence-corrected chi connectivity index (χ4v) is 4.91. The first-order valence-corrected chi connectivity index (χ1v) is 11.5. The van der Waals surface area contributed by atoms with Crippen LogP contribution in [0.2, 0.25) is 0 Å². The number of nitrogens with zero attached hydrogens (tertiary/aromatic N) is 6. The van der Waals surface area contributed by atoms with Crippen molar-refractivity contribution in [1.82, 2.24) is 34.9 Å². The molecule has 34 heavy (non-hydrogen) atoms. The maximum Gasteiger partial charge on any atom is 0.573 e. The Morgan fingerprint density at radius 2 is 1.94 bits per heavy atom. The summed E-state index contributed by atoms with van der Waals surface area (Å²) < 4.78 is 44.6. The molecule has 1 aromatic carbocycles. The molecule has 2 aliphatic rings. The van der Waals surface area contributed by atoms with E-state index in [-0.39, 0.29) is 17.8 Å². The molecule has 0 saturated carbocycles. The number of imidazole rings is 1. The van der Waals surface area contributed by atoms with Crippen molar-refractivity contribution in [3.63, 3.8) is 0 Å². The number of alkyl halides is 3. The topological polar surface area (TPSA) is 108 Å². The lowest BCUT2D eigenvalue weighted by Gasteiger charge is -2.33.